The second-order valence-corrected chi connectivity index (χ2v) is 7.96. The van der Waals surface area contributed by atoms with Crippen molar-refractivity contribution < 1.29 is 14.6 Å². The molecule has 0 spiro atoms. The van der Waals surface area contributed by atoms with Gasteiger partial charge in [-0.15, -0.1) is 0 Å². The molecule has 4 aromatic rings. The number of para-hydroxylation sites is 2. The summed E-state index contributed by atoms with van der Waals surface area (Å²) in [6.07, 6.45) is 0. The van der Waals surface area contributed by atoms with Gasteiger partial charge in [-0.2, -0.15) is 0 Å². The van der Waals surface area contributed by atoms with Gasteiger partial charge in [-0.05, 0) is 42.5 Å². The Labute approximate surface area is 189 Å². The van der Waals surface area contributed by atoms with E-state index in [4.69, 9.17) is 16.3 Å². The number of ether oxygens (including phenoxy) is 1. The number of aliphatic carboxylic acids is 1. The molecule has 3 aromatic carbocycles. The van der Waals surface area contributed by atoms with E-state index >= 15 is 0 Å². The van der Waals surface area contributed by atoms with Crippen LogP contribution in [-0.4, -0.2) is 36.8 Å². The van der Waals surface area contributed by atoms with Crippen LogP contribution >= 0.6 is 11.6 Å². The summed E-state index contributed by atoms with van der Waals surface area (Å²) in [6, 6.07) is 16.0. The molecule has 7 nitrogen and oxygen atoms in total. The number of pyridine rings is 1. The lowest BCUT2D eigenvalue weighted by Gasteiger charge is -2.22. The largest absolute Gasteiger partial charge is 0.495 e. The summed E-state index contributed by atoms with van der Waals surface area (Å²) in [7, 11) is 5.20. The Hall–Kier alpha value is -3.71. The third kappa shape index (κ3) is 3.71. The molecule has 0 aliphatic rings. The quantitative estimate of drug-likeness (QED) is 0.413. The highest BCUT2D eigenvalue weighted by Gasteiger charge is 2.19. The van der Waals surface area contributed by atoms with Gasteiger partial charge in [-0.3, -0.25) is 9.59 Å². The summed E-state index contributed by atoms with van der Waals surface area (Å²) >= 11 is 6.45. The monoisotopic (exact) mass is 451 g/mol. The molecule has 0 fully saturated rings. The van der Waals surface area contributed by atoms with Crippen LogP contribution in [0.15, 0.2) is 59.4 Å². The van der Waals surface area contributed by atoms with Gasteiger partial charge < -0.3 is 24.6 Å². The summed E-state index contributed by atoms with van der Waals surface area (Å²) in [5, 5.41) is 14.2. The minimum Gasteiger partial charge on any atom is -0.495 e. The highest BCUT2D eigenvalue weighted by Crippen LogP contribution is 2.35. The zero-order valence-electron chi connectivity index (χ0n) is 17.8. The van der Waals surface area contributed by atoms with Gasteiger partial charge in [0.05, 0.1) is 34.5 Å². The minimum atomic E-state index is -1.02. The molecule has 8 heteroatoms. The molecule has 4 rings (SSSR count). The van der Waals surface area contributed by atoms with Crippen molar-refractivity contribution in [3.05, 3.63) is 69.8 Å². The highest BCUT2D eigenvalue weighted by molar-refractivity contribution is 6.35. The predicted octanol–water partition coefficient (Wildman–Crippen LogP) is 4.71. The van der Waals surface area contributed by atoms with Crippen molar-refractivity contribution in [2.24, 2.45) is 0 Å². The number of hydrogen-bond acceptors (Lipinski definition) is 5. The summed E-state index contributed by atoms with van der Waals surface area (Å²) in [5.74, 6) is -0.361. The predicted molar refractivity (Wildman–Crippen MR) is 129 cm³/mol. The lowest BCUT2D eigenvalue weighted by Crippen LogP contribution is -2.19. The SMILES string of the molecule is COc1ccccc1Nc1ccc2c(=O)c3ccc(Cl)c(N(C)C)c3n(CC(=O)O)c2c1. The third-order valence-electron chi connectivity index (χ3n) is 5.28. The number of benzene rings is 3. The van der Waals surface area contributed by atoms with Crippen molar-refractivity contribution in [2.75, 3.05) is 31.4 Å². The van der Waals surface area contributed by atoms with Crippen LogP contribution in [0, 0.1) is 0 Å². The van der Waals surface area contributed by atoms with Gasteiger partial charge in [-0.1, -0.05) is 23.7 Å². The molecule has 0 amide bonds. The third-order valence-corrected chi connectivity index (χ3v) is 5.58. The van der Waals surface area contributed by atoms with Gasteiger partial charge in [0.1, 0.15) is 12.3 Å². The fraction of sp³-hybridized carbons (Fsp3) is 0.167. The number of nitrogens with zero attached hydrogens (tertiary/aromatic N) is 2. The van der Waals surface area contributed by atoms with E-state index < -0.39 is 5.97 Å². The molecule has 0 atom stereocenters. The van der Waals surface area contributed by atoms with Crippen LogP contribution in [0.4, 0.5) is 17.1 Å². The molecule has 1 heterocycles. The molecule has 1 aromatic heterocycles. The molecule has 0 radical (unpaired) electrons. The topological polar surface area (TPSA) is 83.8 Å². The van der Waals surface area contributed by atoms with Gasteiger partial charge in [0.15, 0.2) is 5.43 Å². The zero-order valence-corrected chi connectivity index (χ0v) is 18.6. The molecule has 0 unspecified atom stereocenters. The van der Waals surface area contributed by atoms with E-state index in [9.17, 15) is 14.7 Å². The summed E-state index contributed by atoms with van der Waals surface area (Å²) in [4.78, 5) is 26.9. The first-order chi connectivity index (χ1) is 15.3. The van der Waals surface area contributed by atoms with Crippen LogP contribution in [0.5, 0.6) is 5.75 Å². The van der Waals surface area contributed by atoms with Crippen molar-refractivity contribution in [2.45, 2.75) is 6.54 Å². The minimum absolute atomic E-state index is 0.180. The summed E-state index contributed by atoms with van der Waals surface area (Å²) in [6.45, 7) is -0.327. The number of methoxy groups -OCH3 is 1. The first-order valence-electron chi connectivity index (χ1n) is 9.89. The number of anilines is 3. The van der Waals surface area contributed by atoms with Gasteiger partial charge in [0.25, 0.3) is 0 Å². The molecule has 0 saturated carbocycles. The molecule has 0 aliphatic heterocycles. The molecule has 2 N–H and O–H groups in total. The maximum Gasteiger partial charge on any atom is 0.323 e. The maximum atomic E-state index is 13.3. The Bertz CT molecular complexity index is 1410. The van der Waals surface area contributed by atoms with Crippen molar-refractivity contribution in [1.29, 1.82) is 0 Å². The van der Waals surface area contributed by atoms with Crippen molar-refractivity contribution in [1.82, 2.24) is 4.57 Å². The summed E-state index contributed by atoms with van der Waals surface area (Å²) in [5.41, 5.74) is 2.83. The fourth-order valence-electron chi connectivity index (χ4n) is 3.93. The number of carboxylic acid groups (broad SMARTS) is 1. The second-order valence-electron chi connectivity index (χ2n) is 7.55. The van der Waals surface area contributed by atoms with Crippen LogP contribution in [-0.2, 0) is 11.3 Å². The number of rotatable bonds is 6. The number of hydrogen-bond donors (Lipinski definition) is 2. The highest BCUT2D eigenvalue weighted by atomic mass is 35.5. The smallest absolute Gasteiger partial charge is 0.323 e. The Morgan fingerprint density at radius 3 is 2.53 bits per heavy atom. The first-order valence-corrected chi connectivity index (χ1v) is 10.3. The lowest BCUT2D eigenvalue weighted by molar-refractivity contribution is -0.137. The van der Waals surface area contributed by atoms with Crippen LogP contribution in [0.2, 0.25) is 5.02 Å². The Morgan fingerprint density at radius 2 is 1.84 bits per heavy atom. The number of halogens is 1. The molecular weight excluding hydrogens is 430 g/mol. The number of aromatic nitrogens is 1. The van der Waals surface area contributed by atoms with E-state index in [2.05, 4.69) is 5.32 Å². The maximum absolute atomic E-state index is 13.3. The zero-order chi connectivity index (χ0) is 23.0. The molecule has 0 bridgehead atoms. The Kier molecular flexibility index (Phi) is 5.67. The van der Waals surface area contributed by atoms with E-state index in [0.29, 0.717) is 44.0 Å². The molecule has 164 valence electrons. The standard InChI is InChI=1S/C24H22ClN3O4/c1-27(2)23-17(25)11-10-16-22(23)28(13-21(29)30)19-12-14(8-9-15(19)24(16)31)26-18-6-4-5-7-20(18)32-3/h4-12,26H,13H2,1-3H3,(H,29,30). The van der Waals surface area contributed by atoms with E-state index in [0.717, 1.165) is 5.69 Å². The average molecular weight is 452 g/mol. The van der Waals surface area contributed by atoms with E-state index in [1.54, 1.807) is 61.0 Å². The normalized spacial score (nSPS) is 11.0. The second kappa shape index (κ2) is 8.43. The van der Waals surface area contributed by atoms with E-state index in [-0.39, 0.29) is 12.0 Å². The van der Waals surface area contributed by atoms with Crippen LogP contribution in [0.3, 0.4) is 0 Å². The lowest BCUT2D eigenvalue weighted by atomic mass is 10.1. The van der Waals surface area contributed by atoms with Gasteiger partial charge >= 0.3 is 5.97 Å². The molecule has 0 saturated heterocycles. The van der Waals surface area contributed by atoms with Crippen molar-refractivity contribution in [3.63, 3.8) is 0 Å². The van der Waals surface area contributed by atoms with Gasteiger partial charge in [0.2, 0.25) is 0 Å². The van der Waals surface area contributed by atoms with Gasteiger partial charge in [-0.25, -0.2) is 0 Å². The number of carboxylic acids is 1. The Balaban J connectivity index is 2.04. The first kappa shape index (κ1) is 21.5. The molecule has 0 aliphatic carbocycles. The number of fused-ring (bicyclic) bond motifs is 2. The number of nitrogens with one attached hydrogen (secondary N) is 1. The molecule has 32 heavy (non-hydrogen) atoms. The van der Waals surface area contributed by atoms with Crippen LogP contribution in [0.25, 0.3) is 21.8 Å². The van der Waals surface area contributed by atoms with Gasteiger partial charge in [0, 0.05) is 30.6 Å². The van der Waals surface area contributed by atoms with Crippen molar-refractivity contribution in [3.8, 4) is 5.75 Å². The van der Waals surface area contributed by atoms with Crippen LogP contribution in [0.1, 0.15) is 0 Å². The number of carbonyl (C=O) groups is 1. The van der Waals surface area contributed by atoms with Crippen LogP contribution < -0.4 is 20.4 Å². The average Bonchev–Trinajstić information content (AvgIpc) is 2.76. The molecular formula is C24H22ClN3O4. The Morgan fingerprint density at radius 1 is 1.12 bits per heavy atom. The van der Waals surface area contributed by atoms with Crippen molar-refractivity contribution >= 4 is 56.4 Å². The summed E-state index contributed by atoms with van der Waals surface area (Å²) < 4.78 is 7.03. The van der Waals surface area contributed by atoms with E-state index in [1.807, 2.05) is 24.3 Å². The van der Waals surface area contributed by atoms with E-state index in [1.165, 1.54) is 0 Å². The fourth-order valence-corrected chi connectivity index (χ4v) is 4.25.